The predicted molar refractivity (Wildman–Crippen MR) is 77.3 cm³/mol. The first kappa shape index (κ1) is 15.4. The van der Waals surface area contributed by atoms with Crippen LogP contribution in [0.3, 0.4) is 0 Å². The van der Waals surface area contributed by atoms with Gasteiger partial charge >= 0.3 is 0 Å². The molecule has 1 aromatic heterocycles. The van der Waals surface area contributed by atoms with Crippen LogP contribution in [0.25, 0.3) is 0 Å². The quantitative estimate of drug-likeness (QED) is 0.704. The summed E-state index contributed by atoms with van der Waals surface area (Å²) in [7, 11) is 0. The van der Waals surface area contributed by atoms with Crippen molar-refractivity contribution in [2.75, 3.05) is 6.61 Å². The smallest absolute Gasteiger partial charge is 0.226 e. The van der Waals surface area contributed by atoms with Crippen LogP contribution in [0.15, 0.2) is 4.52 Å². The van der Waals surface area contributed by atoms with Gasteiger partial charge in [-0.15, -0.1) is 0 Å². The highest BCUT2D eigenvalue weighted by molar-refractivity contribution is 5.02. The fourth-order valence-corrected chi connectivity index (χ4v) is 2.18. The Balaban J connectivity index is 1.79. The fourth-order valence-electron chi connectivity index (χ4n) is 2.18. The lowest BCUT2D eigenvalue weighted by Crippen LogP contribution is -2.41. The van der Waals surface area contributed by atoms with Gasteiger partial charge in [-0.2, -0.15) is 4.98 Å². The van der Waals surface area contributed by atoms with Crippen LogP contribution in [-0.2, 0) is 16.7 Å². The lowest BCUT2D eigenvalue weighted by atomic mass is 9.95. The van der Waals surface area contributed by atoms with Crippen LogP contribution >= 0.6 is 0 Å². The van der Waals surface area contributed by atoms with Gasteiger partial charge in [0.05, 0.1) is 12.7 Å². The number of nitrogens with zero attached hydrogens (tertiary/aromatic N) is 2. The molecule has 5 heteroatoms. The van der Waals surface area contributed by atoms with E-state index in [1.165, 1.54) is 25.7 Å². The third kappa shape index (κ3) is 4.28. The second-order valence-corrected chi connectivity index (χ2v) is 6.10. The summed E-state index contributed by atoms with van der Waals surface area (Å²) in [5.41, 5.74) is 5.58. The van der Waals surface area contributed by atoms with Gasteiger partial charge < -0.3 is 15.0 Å². The van der Waals surface area contributed by atoms with Crippen molar-refractivity contribution in [2.24, 2.45) is 5.73 Å². The van der Waals surface area contributed by atoms with Gasteiger partial charge in [-0.25, -0.2) is 0 Å². The molecule has 0 amide bonds. The van der Waals surface area contributed by atoms with Crippen LogP contribution < -0.4 is 5.73 Å². The van der Waals surface area contributed by atoms with Crippen LogP contribution in [0.5, 0.6) is 0 Å². The summed E-state index contributed by atoms with van der Waals surface area (Å²) in [5, 5.41) is 4.02. The molecule has 0 aliphatic heterocycles. The van der Waals surface area contributed by atoms with E-state index in [4.69, 9.17) is 15.0 Å². The minimum Gasteiger partial charge on any atom is -0.376 e. The number of hydrogen-bond acceptors (Lipinski definition) is 5. The second-order valence-electron chi connectivity index (χ2n) is 6.10. The Labute approximate surface area is 121 Å². The van der Waals surface area contributed by atoms with Crippen LogP contribution in [0.2, 0.25) is 0 Å². The van der Waals surface area contributed by atoms with Gasteiger partial charge in [0.15, 0.2) is 5.82 Å². The van der Waals surface area contributed by atoms with E-state index < -0.39 is 5.54 Å². The topological polar surface area (TPSA) is 74.2 Å². The van der Waals surface area contributed by atoms with Crippen LogP contribution in [0, 0.1) is 0 Å². The van der Waals surface area contributed by atoms with Gasteiger partial charge in [0.25, 0.3) is 0 Å². The van der Waals surface area contributed by atoms with E-state index in [1.54, 1.807) is 0 Å². The Morgan fingerprint density at radius 3 is 2.80 bits per heavy atom. The molecule has 2 rings (SSSR count). The summed E-state index contributed by atoms with van der Waals surface area (Å²) in [6.07, 6.45) is 9.55. The molecule has 1 aliphatic rings. The summed E-state index contributed by atoms with van der Waals surface area (Å²) in [6.45, 7) is 4.55. The SMILES string of the molecule is CCCCCCc1nc(C(C)(N)COC2CCC2)no1. The third-order valence-electron chi connectivity index (χ3n) is 3.89. The summed E-state index contributed by atoms with van der Waals surface area (Å²) < 4.78 is 11.1. The van der Waals surface area contributed by atoms with E-state index >= 15 is 0 Å². The van der Waals surface area contributed by atoms with Crippen LogP contribution in [0.4, 0.5) is 0 Å². The van der Waals surface area contributed by atoms with E-state index in [0.717, 1.165) is 25.7 Å². The maximum atomic E-state index is 6.24. The molecular weight excluding hydrogens is 254 g/mol. The second kappa shape index (κ2) is 7.18. The normalized spacial score (nSPS) is 18.8. The molecule has 1 fully saturated rings. The molecule has 1 aromatic rings. The highest BCUT2D eigenvalue weighted by Crippen LogP contribution is 2.24. The van der Waals surface area contributed by atoms with Crippen molar-refractivity contribution < 1.29 is 9.26 Å². The first-order valence-corrected chi connectivity index (χ1v) is 7.85. The Hall–Kier alpha value is -0.940. The van der Waals surface area contributed by atoms with Crippen molar-refractivity contribution in [3.05, 3.63) is 11.7 Å². The van der Waals surface area contributed by atoms with E-state index in [0.29, 0.717) is 24.4 Å². The number of nitrogens with two attached hydrogens (primary N) is 1. The maximum Gasteiger partial charge on any atom is 0.226 e. The lowest BCUT2D eigenvalue weighted by Gasteiger charge is -2.29. The summed E-state index contributed by atoms with van der Waals surface area (Å²) in [5.74, 6) is 1.25. The molecule has 0 saturated heterocycles. The third-order valence-corrected chi connectivity index (χ3v) is 3.89. The number of aromatic nitrogens is 2. The highest BCUT2D eigenvalue weighted by Gasteiger charge is 2.30. The Morgan fingerprint density at radius 2 is 2.15 bits per heavy atom. The summed E-state index contributed by atoms with van der Waals surface area (Å²) >= 11 is 0. The number of hydrogen-bond donors (Lipinski definition) is 1. The molecule has 2 N–H and O–H groups in total. The summed E-state index contributed by atoms with van der Waals surface area (Å²) in [6, 6.07) is 0. The largest absolute Gasteiger partial charge is 0.376 e. The molecule has 1 saturated carbocycles. The maximum absolute atomic E-state index is 6.24. The molecule has 0 aromatic carbocycles. The first-order chi connectivity index (χ1) is 9.62. The van der Waals surface area contributed by atoms with E-state index in [2.05, 4.69) is 17.1 Å². The van der Waals surface area contributed by atoms with Crippen LogP contribution in [0.1, 0.15) is 70.5 Å². The van der Waals surface area contributed by atoms with Crippen molar-refractivity contribution in [2.45, 2.75) is 76.9 Å². The van der Waals surface area contributed by atoms with E-state index in [1.807, 2.05) is 6.92 Å². The molecule has 114 valence electrons. The fraction of sp³-hybridized carbons (Fsp3) is 0.867. The zero-order valence-corrected chi connectivity index (χ0v) is 12.7. The van der Waals surface area contributed by atoms with E-state index in [9.17, 15) is 0 Å². The predicted octanol–water partition coefficient (Wildman–Crippen LogP) is 2.94. The molecule has 5 nitrogen and oxygen atoms in total. The number of aryl methyl sites for hydroxylation is 1. The molecule has 0 radical (unpaired) electrons. The standard InChI is InChI=1S/C15H27N3O2/c1-3-4-5-6-10-13-17-14(18-20-13)15(2,16)11-19-12-8-7-9-12/h12H,3-11,16H2,1-2H3. The number of rotatable bonds is 9. The zero-order valence-electron chi connectivity index (χ0n) is 12.7. The number of ether oxygens (including phenoxy) is 1. The molecule has 1 heterocycles. The molecule has 1 unspecified atom stereocenters. The van der Waals surface area contributed by atoms with E-state index in [-0.39, 0.29) is 0 Å². The molecular formula is C15H27N3O2. The molecule has 0 spiro atoms. The Morgan fingerprint density at radius 1 is 1.35 bits per heavy atom. The monoisotopic (exact) mass is 281 g/mol. The Kier molecular flexibility index (Phi) is 5.54. The van der Waals surface area contributed by atoms with Crippen molar-refractivity contribution in [1.29, 1.82) is 0 Å². The highest BCUT2D eigenvalue weighted by atomic mass is 16.5. The average molecular weight is 281 g/mol. The lowest BCUT2D eigenvalue weighted by molar-refractivity contribution is -0.0222. The van der Waals surface area contributed by atoms with Gasteiger partial charge in [-0.1, -0.05) is 31.3 Å². The van der Waals surface area contributed by atoms with Crippen molar-refractivity contribution in [1.82, 2.24) is 10.1 Å². The van der Waals surface area contributed by atoms with Gasteiger partial charge in [-0.3, -0.25) is 0 Å². The van der Waals surface area contributed by atoms with Crippen molar-refractivity contribution >= 4 is 0 Å². The summed E-state index contributed by atoms with van der Waals surface area (Å²) in [4.78, 5) is 4.42. The first-order valence-electron chi connectivity index (χ1n) is 7.85. The number of unbranched alkanes of at least 4 members (excludes halogenated alkanes) is 3. The van der Waals surface area contributed by atoms with Gasteiger partial charge in [0, 0.05) is 6.42 Å². The minimum atomic E-state index is -0.666. The molecule has 1 aliphatic carbocycles. The minimum absolute atomic E-state index is 0.373. The van der Waals surface area contributed by atoms with Crippen molar-refractivity contribution in [3.63, 3.8) is 0 Å². The molecule has 20 heavy (non-hydrogen) atoms. The Bertz CT molecular complexity index is 400. The van der Waals surface area contributed by atoms with Gasteiger partial charge in [0.2, 0.25) is 5.89 Å². The zero-order chi connectivity index (χ0) is 14.4. The van der Waals surface area contributed by atoms with Crippen molar-refractivity contribution in [3.8, 4) is 0 Å². The molecule has 1 atom stereocenters. The molecule has 0 bridgehead atoms. The van der Waals surface area contributed by atoms with Gasteiger partial charge in [0.1, 0.15) is 5.54 Å². The van der Waals surface area contributed by atoms with Gasteiger partial charge in [-0.05, 0) is 32.6 Å². The van der Waals surface area contributed by atoms with Crippen LogP contribution in [-0.4, -0.2) is 22.9 Å². The average Bonchev–Trinajstić information content (AvgIpc) is 2.82.